The lowest BCUT2D eigenvalue weighted by Gasteiger charge is -1.65. The second kappa shape index (κ2) is 4.86. The fourth-order valence-electron chi connectivity index (χ4n) is 0.169. The van der Waals surface area contributed by atoms with Gasteiger partial charge in [0.15, 0.2) is 0 Å². The molecule has 33 valence electrons. The molecule has 0 nitrogen and oxygen atoms in total. The molecule has 7 heavy (non-hydrogen) atoms. The summed E-state index contributed by atoms with van der Waals surface area (Å²) in [4.78, 5) is 0. The Labute approximate surface area is 44.2 Å². The molecule has 1 radical (unpaired) electrons. The minimum atomic E-state index is 0.574. The van der Waals surface area contributed by atoms with Gasteiger partial charge in [0.25, 0.3) is 0 Å². The molecule has 0 aliphatic carbocycles. The van der Waals surface area contributed by atoms with Crippen molar-refractivity contribution >= 4 is 0 Å². The molecular formula is C7H5. The van der Waals surface area contributed by atoms with Crippen LogP contribution in [-0.4, -0.2) is 0 Å². The molecule has 0 aromatic rings. The zero-order valence-electron chi connectivity index (χ0n) is 3.94. The number of terminal acetylenes is 2. The van der Waals surface area contributed by atoms with Crippen molar-refractivity contribution in [3.05, 3.63) is 12.2 Å². The lowest BCUT2D eigenvalue weighted by Crippen LogP contribution is -1.53. The Morgan fingerprint density at radius 2 is 2.14 bits per heavy atom. The van der Waals surface area contributed by atoms with Crippen molar-refractivity contribution in [1.29, 1.82) is 0 Å². The highest BCUT2D eigenvalue weighted by atomic mass is 13.6. The van der Waals surface area contributed by atoms with E-state index in [9.17, 15) is 0 Å². The highest BCUT2D eigenvalue weighted by Gasteiger charge is 1.61. The highest BCUT2D eigenvalue weighted by Crippen LogP contribution is 1.73. The van der Waals surface area contributed by atoms with E-state index in [2.05, 4.69) is 17.9 Å². The second-order valence-electron chi connectivity index (χ2n) is 0.901. The topological polar surface area (TPSA) is 0 Å². The number of hydrogen-bond acceptors (Lipinski definition) is 0. The van der Waals surface area contributed by atoms with E-state index in [-0.39, 0.29) is 0 Å². The third-order valence-electron chi connectivity index (χ3n) is 0.405. The summed E-state index contributed by atoms with van der Waals surface area (Å²) >= 11 is 0. The quantitative estimate of drug-likeness (QED) is 0.420. The van der Waals surface area contributed by atoms with Crippen molar-refractivity contribution in [1.82, 2.24) is 0 Å². The van der Waals surface area contributed by atoms with Gasteiger partial charge in [-0.3, -0.25) is 0 Å². The van der Waals surface area contributed by atoms with Gasteiger partial charge in [-0.25, -0.2) is 0 Å². The monoisotopic (exact) mass is 89.0 g/mol. The summed E-state index contributed by atoms with van der Waals surface area (Å²) in [6.07, 6.45) is 14.4. The molecule has 0 amide bonds. The molecule has 0 fully saturated rings. The fraction of sp³-hybridized carbons (Fsp3) is 0.143. The summed E-state index contributed by atoms with van der Waals surface area (Å²) in [5.41, 5.74) is 0. The van der Waals surface area contributed by atoms with Gasteiger partial charge in [0.05, 0.1) is 0 Å². The predicted octanol–water partition coefficient (Wildman–Crippen LogP) is 1.00. The van der Waals surface area contributed by atoms with E-state index in [0.717, 1.165) is 0 Å². The lowest BCUT2D eigenvalue weighted by molar-refractivity contribution is 1.47. The van der Waals surface area contributed by atoms with Crippen LogP contribution in [0.4, 0.5) is 0 Å². The molecule has 0 spiro atoms. The van der Waals surface area contributed by atoms with Crippen LogP contribution in [0.2, 0.25) is 0 Å². The Bertz CT molecular complexity index is 127. The number of allylic oxidation sites excluding steroid dienone is 2. The van der Waals surface area contributed by atoms with E-state index in [4.69, 9.17) is 12.8 Å². The summed E-state index contributed by atoms with van der Waals surface area (Å²) in [6.45, 7) is 0. The molecule has 0 aromatic carbocycles. The summed E-state index contributed by atoms with van der Waals surface area (Å²) < 4.78 is 0. The zero-order chi connectivity index (χ0) is 5.54. The lowest BCUT2D eigenvalue weighted by atomic mass is 10.4. The summed E-state index contributed by atoms with van der Waals surface area (Å²) in [7, 11) is 0. The van der Waals surface area contributed by atoms with Crippen molar-refractivity contribution in [3.8, 4) is 24.7 Å². The van der Waals surface area contributed by atoms with E-state index < -0.39 is 0 Å². The Morgan fingerprint density at radius 1 is 1.43 bits per heavy atom. The number of rotatable bonds is 1. The molecule has 0 saturated carbocycles. The summed E-state index contributed by atoms with van der Waals surface area (Å²) in [5.74, 6) is 4.59. The van der Waals surface area contributed by atoms with Crippen LogP contribution in [-0.2, 0) is 0 Å². The minimum Gasteiger partial charge on any atom is -0.120 e. The van der Waals surface area contributed by atoms with Gasteiger partial charge < -0.3 is 0 Å². The Balaban J connectivity index is 3.19. The molecule has 0 unspecified atom stereocenters. The molecule has 0 heterocycles. The highest BCUT2D eigenvalue weighted by molar-refractivity contribution is 5.04. The van der Waals surface area contributed by atoms with Crippen LogP contribution in [0.5, 0.6) is 0 Å². The third-order valence-corrected chi connectivity index (χ3v) is 0.405. The van der Waals surface area contributed by atoms with E-state index in [1.54, 1.807) is 6.08 Å². The van der Waals surface area contributed by atoms with Crippen molar-refractivity contribution < 1.29 is 0 Å². The molecule has 0 aromatic heterocycles. The van der Waals surface area contributed by atoms with Crippen LogP contribution < -0.4 is 0 Å². The Morgan fingerprint density at radius 3 is 2.57 bits per heavy atom. The van der Waals surface area contributed by atoms with Crippen molar-refractivity contribution in [3.63, 3.8) is 0 Å². The van der Waals surface area contributed by atoms with Crippen LogP contribution in [0.25, 0.3) is 0 Å². The Hall–Kier alpha value is -1.14. The van der Waals surface area contributed by atoms with Gasteiger partial charge in [-0.15, -0.1) is 18.8 Å². The molecular weight excluding hydrogens is 84.1 g/mol. The fourth-order valence-corrected chi connectivity index (χ4v) is 0.169. The van der Waals surface area contributed by atoms with Gasteiger partial charge in [-0.2, -0.15) is 0 Å². The molecule has 0 bridgehead atoms. The zero-order valence-corrected chi connectivity index (χ0v) is 3.94. The van der Waals surface area contributed by atoms with Gasteiger partial charge in [0, 0.05) is 12.5 Å². The van der Waals surface area contributed by atoms with Gasteiger partial charge in [-0.1, -0.05) is 12.0 Å². The van der Waals surface area contributed by atoms with Gasteiger partial charge in [0.1, 0.15) is 0 Å². The summed E-state index contributed by atoms with van der Waals surface area (Å²) in [5, 5.41) is 0. The van der Waals surface area contributed by atoms with Crippen molar-refractivity contribution in [2.75, 3.05) is 0 Å². The molecule has 0 aliphatic rings. The molecule has 0 rings (SSSR count). The predicted molar refractivity (Wildman–Crippen MR) is 30.1 cm³/mol. The first-order chi connectivity index (χ1) is 3.41. The van der Waals surface area contributed by atoms with E-state index in [0.29, 0.717) is 6.42 Å². The molecule has 0 N–H and O–H groups in total. The number of hydrogen-bond donors (Lipinski definition) is 0. The third kappa shape index (κ3) is 4.86. The largest absolute Gasteiger partial charge is 0.120 e. The maximum Gasteiger partial charge on any atom is 0.0365 e. The summed E-state index contributed by atoms with van der Waals surface area (Å²) in [6, 6.07) is 0. The van der Waals surface area contributed by atoms with Crippen LogP contribution in [0.1, 0.15) is 6.42 Å². The SMILES string of the molecule is C#C[C]=CCC#C. The normalized spacial score (nSPS) is 7.71. The van der Waals surface area contributed by atoms with Crippen LogP contribution >= 0.6 is 0 Å². The average molecular weight is 89.1 g/mol. The van der Waals surface area contributed by atoms with Crippen LogP contribution in [0, 0.1) is 30.8 Å². The Kier molecular flexibility index (Phi) is 4.07. The first-order valence-corrected chi connectivity index (χ1v) is 1.88. The maximum absolute atomic E-state index is 4.88. The van der Waals surface area contributed by atoms with Gasteiger partial charge in [-0.05, 0) is 0 Å². The standard InChI is InChI=1S/C7H5/c1-3-5-7-6-4-2/h1-2,7H,5H2. The van der Waals surface area contributed by atoms with Crippen LogP contribution in [0.15, 0.2) is 6.08 Å². The molecule has 0 atom stereocenters. The van der Waals surface area contributed by atoms with Crippen molar-refractivity contribution in [2.45, 2.75) is 6.42 Å². The van der Waals surface area contributed by atoms with Gasteiger partial charge in [0.2, 0.25) is 0 Å². The van der Waals surface area contributed by atoms with Crippen LogP contribution in [0.3, 0.4) is 0 Å². The minimum absolute atomic E-state index is 0.574. The first kappa shape index (κ1) is 5.86. The molecule has 0 heteroatoms. The van der Waals surface area contributed by atoms with Gasteiger partial charge >= 0.3 is 0 Å². The van der Waals surface area contributed by atoms with Crippen molar-refractivity contribution in [2.24, 2.45) is 0 Å². The average Bonchev–Trinajstić information content (AvgIpc) is 1.69. The molecule has 0 aliphatic heterocycles. The molecule has 0 saturated heterocycles. The van der Waals surface area contributed by atoms with E-state index in [1.165, 1.54) is 0 Å². The first-order valence-electron chi connectivity index (χ1n) is 1.88. The second-order valence-corrected chi connectivity index (χ2v) is 0.901. The smallest absolute Gasteiger partial charge is 0.0365 e. The maximum atomic E-state index is 4.88. The van der Waals surface area contributed by atoms with E-state index in [1.807, 2.05) is 0 Å². The van der Waals surface area contributed by atoms with E-state index >= 15 is 0 Å².